The van der Waals surface area contributed by atoms with Crippen LogP contribution in [0.25, 0.3) is 0 Å². The number of fused-ring (bicyclic) bond motifs is 1. The van der Waals surface area contributed by atoms with Crippen molar-refractivity contribution in [3.05, 3.63) is 64.7 Å². The van der Waals surface area contributed by atoms with Crippen LogP contribution < -0.4 is 10.6 Å². The lowest BCUT2D eigenvalue weighted by atomic mass is 9.93. The number of amides is 2. The summed E-state index contributed by atoms with van der Waals surface area (Å²) in [4.78, 5) is 36.0. The zero-order valence-electron chi connectivity index (χ0n) is 13.5. The number of nitrogens with one attached hydrogen (secondary N) is 2. The molecule has 2 atom stereocenters. The second-order valence-electron chi connectivity index (χ2n) is 5.74. The zero-order valence-corrected chi connectivity index (χ0v) is 14.3. The van der Waals surface area contributed by atoms with Gasteiger partial charge in [-0.05, 0) is 42.3 Å². The summed E-state index contributed by atoms with van der Waals surface area (Å²) in [5, 5.41) is 15.1. The van der Waals surface area contributed by atoms with E-state index in [1.54, 1.807) is 36.4 Å². The SMILES string of the molecule is O.O=C(NC(CC1C(=O)Nc2ccccc21)C(=O)O)c1ccc(Cl)cc1. The van der Waals surface area contributed by atoms with Crippen LogP contribution in [-0.4, -0.2) is 34.4 Å². The number of hydrogen-bond acceptors (Lipinski definition) is 3. The lowest BCUT2D eigenvalue weighted by molar-refractivity contribution is -0.139. The summed E-state index contributed by atoms with van der Waals surface area (Å²) in [6.07, 6.45) is -0.0302. The zero-order chi connectivity index (χ0) is 18.0. The minimum atomic E-state index is -1.19. The van der Waals surface area contributed by atoms with Gasteiger partial charge in [0.05, 0.1) is 5.92 Å². The molecule has 8 heteroatoms. The first-order valence-corrected chi connectivity index (χ1v) is 8.02. The molecule has 0 aliphatic carbocycles. The summed E-state index contributed by atoms with van der Waals surface area (Å²) in [7, 11) is 0. The van der Waals surface area contributed by atoms with E-state index in [2.05, 4.69) is 10.6 Å². The van der Waals surface area contributed by atoms with Gasteiger partial charge in [-0.3, -0.25) is 9.59 Å². The number of benzene rings is 2. The lowest BCUT2D eigenvalue weighted by Gasteiger charge is -2.18. The van der Waals surface area contributed by atoms with Crippen molar-refractivity contribution in [2.45, 2.75) is 18.4 Å². The largest absolute Gasteiger partial charge is 0.480 e. The summed E-state index contributed by atoms with van der Waals surface area (Å²) < 4.78 is 0. The highest BCUT2D eigenvalue weighted by Gasteiger charge is 2.35. The minimum absolute atomic E-state index is 0. The number of aliphatic carboxylic acids is 1. The van der Waals surface area contributed by atoms with E-state index < -0.39 is 23.8 Å². The van der Waals surface area contributed by atoms with Gasteiger partial charge in [-0.15, -0.1) is 0 Å². The minimum Gasteiger partial charge on any atom is -0.480 e. The van der Waals surface area contributed by atoms with Gasteiger partial charge in [0.1, 0.15) is 6.04 Å². The Morgan fingerprint density at radius 2 is 1.81 bits per heavy atom. The summed E-state index contributed by atoms with van der Waals surface area (Å²) >= 11 is 5.78. The molecule has 2 aromatic carbocycles. The fourth-order valence-electron chi connectivity index (χ4n) is 2.81. The molecule has 2 aromatic rings. The summed E-state index contributed by atoms with van der Waals surface area (Å²) in [6, 6.07) is 12.0. The van der Waals surface area contributed by atoms with Crippen LogP contribution in [-0.2, 0) is 9.59 Å². The molecule has 7 nitrogen and oxygen atoms in total. The van der Waals surface area contributed by atoms with Crippen molar-refractivity contribution < 1.29 is 25.0 Å². The fraction of sp³-hybridized carbons (Fsp3) is 0.167. The molecule has 2 amide bonds. The number of carbonyl (C=O) groups excluding carboxylic acids is 2. The second-order valence-corrected chi connectivity index (χ2v) is 6.17. The Hall–Kier alpha value is -2.90. The third kappa shape index (κ3) is 4.01. The van der Waals surface area contributed by atoms with E-state index >= 15 is 0 Å². The number of rotatable bonds is 5. The summed E-state index contributed by atoms with van der Waals surface area (Å²) in [5.41, 5.74) is 1.71. The molecule has 0 aromatic heterocycles. The van der Waals surface area contributed by atoms with Gasteiger partial charge in [0, 0.05) is 16.3 Å². The number of carbonyl (C=O) groups is 3. The Morgan fingerprint density at radius 3 is 2.46 bits per heavy atom. The summed E-state index contributed by atoms with van der Waals surface area (Å²) in [5.74, 6) is -2.62. The van der Waals surface area contributed by atoms with Crippen LogP contribution >= 0.6 is 11.6 Å². The number of carboxylic acid groups (broad SMARTS) is 1. The standard InChI is InChI=1S/C18H15ClN2O4.H2O/c19-11-7-5-10(6-8-11)16(22)21-15(18(24)25)9-13-12-3-1-2-4-14(12)20-17(13)23;/h1-8,13,15H,9H2,(H,20,23)(H,21,22)(H,24,25);1H2. The number of halogens is 1. The first-order chi connectivity index (χ1) is 12.0. The Morgan fingerprint density at radius 1 is 1.15 bits per heavy atom. The third-order valence-corrected chi connectivity index (χ3v) is 4.34. The maximum absolute atomic E-state index is 12.3. The smallest absolute Gasteiger partial charge is 0.326 e. The van der Waals surface area contributed by atoms with Crippen molar-refractivity contribution in [1.82, 2.24) is 5.32 Å². The fourth-order valence-corrected chi connectivity index (χ4v) is 2.94. The molecule has 0 bridgehead atoms. The molecular formula is C18H17ClN2O5. The van der Waals surface area contributed by atoms with E-state index in [1.165, 1.54) is 12.1 Å². The summed E-state index contributed by atoms with van der Waals surface area (Å²) in [6.45, 7) is 0. The van der Waals surface area contributed by atoms with Crippen molar-refractivity contribution in [3.63, 3.8) is 0 Å². The van der Waals surface area contributed by atoms with E-state index in [-0.39, 0.29) is 17.8 Å². The van der Waals surface area contributed by atoms with Gasteiger partial charge >= 0.3 is 5.97 Å². The van der Waals surface area contributed by atoms with Gasteiger partial charge in [-0.2, -0.15) is 0 Å². The first kappa shape index (κ1) is 19.4. The number of hydrogen-bond donors (Lipinski definition) is 3. The number of anilines is 1. The Bertz CT molecular complexity index is 838. The number of carboxylic acids is 1. The third-order valence-electron chi connectivity index (χ3n) is 4.09. The van der Waals surface area contributed by atoms with Crippen LogP contribution in [0.3, 0.4) is 0 Å². The van der Waals surface area contributed by atoms with E-state index in [0.29, 0.717) is 16.3 Å². The molecule has 0 fully saturated rings. The number of para-hydroxylation sites is 1. The van der Waals surface area contributed by atoms with Gasteiger partial charge in [-0.1, -0.05) is 29.8 Å². The Labute approximate surface area is 154 Å². The van der Waals surface area contributed by atoms with Gasteiger partial charge < -0.3 is 21.2 Å². The molecule has 3 rings (SSSR count). The highest BCUT2D eigenvalue weighted by Crippen LogP contribution is 2.35. The van der Waals surface area contributed by atoms with Crippen molar-refractivity contribution >= 4 is 35.1 Å². The monoisotopic (exact) mass is 376 g/mol. The molecule has 1 aliphatic rings. The van der Waals surface area contributed by atoms with Crippen LogP contribution in [0.15, 0.2) is 48.5 Å². The van der Waals surface area contributed by atoms with Crippen LogP contribution in [0.1, 0.15) is 28.3 Å². The van der Waals surface area contributed by atoms with Crippen LogP contribution in [0.5, 0.6) is 0 Å². The maximum atomic E-state index is 12.3. The molecule has 0 spiro atoms. The van der Waals surface area contributed by atoms with Crippen LogP contribution in [0, 0.1) is 0 Å². The van der Waals surface area contributed by atoms with Crippen molar-refractivity contribution in [2.24, 2.45) is 0 Å². The topological polar surface area (TPSA) is 127 Å². The van der Waals surface area contributed by atoms with E-state index in [0.717, 1.165) is 5.56 Å². The molecule has 26 heavy (non-hydrogen) atoms. The maximum Gasteiger partial charge on any atom is 0.326 e. The molecule has 0 saturated heterocycles. The van der Waals surface area contributed by atoms with Crippen LogP contribution in [0.2, 0.25) is 5.02 Å². The van der Waals surface area contributed by atoms with Gasteiger partial charge in [-0.25, -0.2) is 4.79 Å². The first-order valence-electron chi connectivity index (χ1n) is 7.64. The highest BCUT2D eigenvalue weighted by molar-refractivity contribution is 6.30. The predicted octanol–water partition coefficient (Wildman–Crippen LogP) is 1.82. The van der Waals surface area contributed by atoms with Crippen LogP contribution in [0.4, 0.5) is 5.69 Å². The molecule has 1 heterocycles. The predicted molar refractivity (Wildman–Crippen MR) is 96.4 cm³/mol. The molecule has 136 valence electrons. The van der Waals surface area contributed by atoms with Gasteiger partial charge in [0.15, 0.2) is 0 Å². The average molecular weight is 377 g/mol. The van der Waals surface area contributed by atoms with Crippen molar-refractivity contribution in [2.75, 3.05) is 5.32 Å². The van der Waals surface area contributed by atoms with E-state index in [1.807, 2.05) is 0 Å². The molecule has 0 saturated carbocycles. The van der Waals surface area contributed by atoms with Gasteiger partial charge in [0.25, 0.3) is 5.91 Å². The van der Waals surface area contributed by atoms with E-state index in [4.69, 9.17) is 11.6 Å². The second kappa shape index (κ2) is 7.99. The van der Waals surface area contributed by atoms with Crippen molar-refractivity contribution in [1.29, 1.82) is 0 Å². The quantitative estimate of drug-likeness (QED) is 0.735. The van der Waals surface area contributed by atoms with E-state index in [9.17, 15) is 19.5 Å². The molecule has 1 aliphatic heterocycles. The normalized spacial score (nSPS) is 16.0. The Kier molecular flexibility index (Phi) is 5.97. The molecular weight excluding hydrogens is 360 g/mol. The Balaban J connectivity index is 0.00000243. The van der Waals surface area contributed by atoms with Gasteiger partial charge in [0.2, 0.25) is 5.91 Å². The molecule has 2 unspecified atom stereocenters. The van der Waals surface area contributed by atoms with Crippen molar-refractivity contribution in [3.8, 4) is 0 Å². The average Bonchev–Trinajstić information content (AvgIpc) is 2.90. The molecule has 5 N–H and O–H groups in total. The lowest BCUT2D eigenvalue weighted by Crippen LogP contribution is -2.42. The highest BCUT2D eigenvalue weighted by atomic mass is 35.5. The molecule has 0 radical (unpaired) electrons.